The van der Waals surface area contributed by atoms with Crippen LogP contribution in [0.2, 0.25) is 0 Å². The smallest absolute Gasteiger partial charge is 0.339 e. The van der Waals surface area contributed by atoms with Crippen LogP contribution in [0.25, 0.3) is 0 Å². The molecule has 28 heavy (non-hydrogen) atoms. The molecule has 7 nitrogen and oxygen atoms in total. The van der Waals surface area contributed by atoms with Gasteiger partial charge in [0.25, 0.3) is 0 Å². The van der Waals surface area contributed by atoms with Crippen molar-refractivity contribution in [2.24, 2.45) is 0 Å². The molecule has 1 aromatic heterocycles. The van der Waals surface area contributed by atoms with E-state index in [-0.39, 0.29) is 0 Å². The van der Waals surface area contributed by atoms with E-state index < -0.39 is 5.97 Å². The number of anilines is 4. The zero-order valence-electron chi connectivity index (χ0n) is 16.0. The molecular formula is C21H22N4O3. The van der Waals surface area contributed by atoms with Gasteiger partial charge < -0.3 is 20.1 Å². The number of rotatable bonds is 7. The molecule has 3 rings (SSSR count). The second-order valence-corrected chi connectivity index (χ2v) is 5.90. The minimum atomic E-state index is -0.419. The molecule has 2 aromatic carbocycles. The van der Waals surface area contributed by atoms with E-state index in [1.165, 1.54) is 7.11 Å². The van der Waals surface area contributed by atoms with E-state index in [1.807, 2.05) is 37.3 Å². The number of methoxy groups -OCH3 is 1. The SMILES string of the molecule is CCOc1ccccc1Nc1cc(Nc2ccccc2C(=O)OC)nc(C)n1. The summed E-state index contributed by atoms with van der Waals surface area (Å²) in [5.74, 6) is 2.07. The molecule has 7 heteroatoms. The van der Waals surface area contributed by atoms with Crippen LogP contribution in [0.5, 0.6) is 5.75 Å². The number of esters is 1. The highest BCUT2D eigenvalue weighted by atomic mass is 16.5. The molecule has 0 saturated heterocycles. The van der Waals surface area contributed by atoms with Gasteiger partial charge in [-0.3, -0.25) is 0 Å². The topological polar surface area (TPSA) is 85.4 Å². The third kappa shape index (κ3) is 4.56. The molecule has 0 aliphatic rings. The monoisotopic (exact) mass is 378 g/mol. The Labute approximate surface area is 163 Å². The van der Waals surface area contributed by atoms with E-state index in [0.717, 1.165) is 11.4 Å². The van der Waals surface area contributed by atoms with E-state index in [0.29, 0.717) is 35.3 Å². The number of ether oxygens (including phenoxy) is 2. The number of para-hydroxylation sites is 3. The van der Waals surface area contributed by atoms with Crippen LogP contribution in [0.3, 0.4) is 0 Å². The van der Waals surface area contributed by atoms with Gasteiger partial charge in [0, 0.05) is 6.07 Å². The van der Waals surface area contributed by atoms with Crippen LogP contribution in [0.15, 0.2) is 54.6 Å². The maximum atomic E-state index is 12.0. The highest BCUT2D eigenvalue weighted by Crippen LogP contribution is 2.28. The number of nitrogens with zero attached hydrogens (tertiary/aromatic N) is 2. The van der Waals surface area contributed by atoms with Crippen molar-refractivity contribution in [1.29, 1.82) is 0 Å². The standard InChI is InChI=1S/C21H22N4O3/c1-4-28-18-12-8-7-11-17(18)25-20-13-19(22-14(2)23-20)24-16-10-6-5-9-15(16)21(26)27-3/h5-13H,4H2,1-3H3,(H2,22,23,24,25). The van der Waals surface area contributed by atoms with Gasteiger partial charge in [-0.25, -0.2) is 14.8 Å². The van der Waals surface area contributed by atoms with Crippen LogP contribution in [0.4, 0.5) is 23.0 Å². The zero-order chi connectivity index (χ0) is 19.9. The molecule has 0 atom stereocenters. The molecule has 0 unspecified atom stereocenters. The zero-order valence-corrected chi connectivity index (χ0v) is 16.0. The molecule has 0 saturated carbocycles. The summed E-state index contributed by atoms with van der Waals surface area (Å²) in [5.41, 5.74) is 1.84. The van der Waals surface area contributed by atoms with Gasteiger partial charge in [-0.15, -0.1) is 0 Å². The highest BCUT2D eigenvalue weighted by molar-refractivity contribution is 5.96. The van der Waals surface area contributed by atoms with Gasteiger partial charge in [-0.05, 0) is 38.1 Å². The molecule has 0 amide bonds. The Balaban J connectivity index is 1.88. The Kier molecular flexibility index (Phi) is 6.06. The van der Waals surface area contributed by atoms with Gasteiger partial charge in [0.15, 0.2) is 0 Å². The number of carbonyl (C=O) groups excluding carboxylic acids is 1. The quantitative estimate of drug-likeness (QED) is 0.587. The summed E-state index contributed by atoms with van der Waals surface area (Å²) in [5, 5.41) is 6.44. The lowest BCUT2D eigenvalue weighted by Gasteiger charge is -2.14. The summed E-state index contributed by atoms with van der Waals surface area (Å²) >= 11 is 0. The predicted octanol–water partition coefficient (Wildman–Crippen LogP) is 4.46. The number of aryl methyl sites for hydroxylation is 1. The van der Waals surface area contributed by atoms with Crippen LogP contribution < -0.4 is 15.4 Å². The van der Waals surface area contributed by atoms with Crippen LogP contribution in [0, 0.1) is 6.92 Å². The Bertz CT molecular complexity index is 975. The summed E-state index contributed by atoms with van der Waals surface area (Å²) in [6.07, 6.45) is 0. The van der Waals surface area contributed by atoms with Crippen molar-refractivity contribution in [3.63, 3.8) is 0 Å². The average molecular weight is 378 g/mol. The first-order valence-electron chi connectivity index (χ1n) is 8.89. The summed E-state index contributed by atoms with van der Waals surface area (Å²) in [6, 6.07) is 16.5. The highest BCUT2D eigenvalue weighted by Gasteiger charge is 2.12. The van der Waals surface area contributed by atoms with Crippen molar-refractivity contribution in [1.82, 2.24) is 9.97 Å². The lowest BCUT2D eigenvalue weighted by atomic mass is 10.2. The molecular weight excluding hydrogens is 356 g/mol. The average Bonchev–Trinajstić information content (AvgIpc) is 2.69. The third-order valence-electron chi connectivity index (χ3n) is 3.88. The number of hydrogen-bond donors (Lipinski definition) is 2. The van der Waals surface area contributed by atoms with E-state index in [1.54, 1.807) is 31.2 Å². The Hall–Kier alpha value is -3.61. The Morgan fingerprint density at radius 1 is 0.964 bits per heavy atom. The maximum absolute atomic E-state index is 12.0. The minimum absolute atomic E-state index is 0.419. The van der Waals surface area contributed by atoms with Crippen molar-refractivity contribution >= 4 is 29.0 Å². The van der Waals surface area contributed by atoms with Gasteiger partial charge in [0.05, 0.1) is 30.7 Å². The molecule has 0 spiro atoms. The summed E-state index contributed by atoms with van der Waals surface area (Å²) in [4.78, 5) is 20.8. The Morgan fingerprint density at radius 3 is 2.25 bits per heavy atom. The molecule has 2 N–H and O–H groups in total. The molecule has 144 valence electrons. The fourth-order valence-electron chi connectivity index (χ4n) is 2.70. The first kappa shape index (κ1) is 19.2. The lowest BCUT2D eigenvalue weighted by molar-refractivity contribution is 0.0602. The van der Waals surface area contributed by atoms with Gasteiger partial charge in [0.1, 0.15) is 23.2 Å². The molecule has 0 fully saturated rings. The molecule has 3 aromatic rings. The van der Waals surface area contributed by atoms with Crippen molar-refractivity contribution in [2.75, 3.05) is 24.4 Å². The van der Waals surface area contributed by atoms with Crippen LogP contribution in [-0.2, 0) is 4.74 Å². The summed E-state index contributed by atoms with van der Waals surface area (Å²) in [6.45, 7) is 4.31. The normalized spacial score (nSPS) is 10.2. The molecule has 1 heterocycles. The van der Waals surface area contributed by atoms with Gasteiger partial charge >= 0.3 is 5.97 Å². The molecule has 0 bridgehead atoms. The number of aromatic nitrogens is 2. The molecule has 0 radical (unpaired) electrons. The third-order valence-corrected chi connectivity index (χ3v) is 3.88. The fourth-order valence-corrected chi connectivity index (χ4v) is 2.70. The van der Waals surface area contributed by atoms with E-state index in [4.69, 9.17) is 9.47 Å². The molecule has 0 aliphatic heterocycles. The van der Waals surface area contributed by atoms with E-state index >= 15 is 0 Å². The largest absolute Gasteiger partial charge is 0.492 e. The first-order chi connectivity index (χ1) is 13.6. The van der Waals surface area contributed by atoms with Crippen LogP contribution in [-0.4, -0.2) is 29.7 Å². The maximum Gasteiger partial charge on any atom is 0.339 e. The summed E-state index contributed by atoms with van der Waals surface area (Å²) < 4.78 is 10.5. The van der Waals surface area contributed by atoms with Crippen LogP contribution in [0.1, 0.15) is 23.1 Å². The minimum Gasteiger partial charge on any atom is -0.492 e. The molecule has 0 aliphatic carbocycles. The van der Waals surface area contributed by atoms with Gasteiger partial charge in [-0.1, -0.05) is 24.3 Å². The predicted molar refractivity (Wildman–Crippen MR) is 109 cm³/mol. The number of benzene rings is 2. The van der Waals surface area contributed by atoms with Crippen molar-refractivity contribution in [3.05, 3.63) is 66.0 Å². The van der Waals surface area contributed by atoms with E-state index in [2.05, 4.69) is 20.6 Å². The van der Waals surface area contributed by atoms with Gasteiger partial charge in [0.2, 0.25) is 0 Å². The van der Waals surface area contributed by atoms with Gasteiger partial charge in [-0.2, -0.15) is 0 Å². The second-order valence-electron chi connectivity index (χ2n) is 5.90. The number of carbonyl (C=O) groups is 1. The van der Waals surface area contributed by atoms with Crippen molar-refractivity contribution in [2.45, 2.75) is 13.8 Å². The lowest BCUT2D eigenvalue weighted by Crippen LogP contribution is -2.07. The van der Waals surface area contributed by atoms with Crippen molar-refractivity contribution in [3.8, 4) is 5.75 Å². The first-order valence-corrected chi connectivity index (χ1v) is 8.89. The van der Waals surface area contributed by atoms with Crippen LogP contribution >= 0.6 is 0 Å². The number of hydrogen-bond acceptors (Lipinski definition) is 7. The second kappa shape index (κ2) is 8.85. The number of nitrogens with one attached hydrogen (secondary N) is 2. The fraction of sp³-hybridized carbons (Fsp3) is 0.190. The summed E-state index contributed by atoms with van der Waals surface area (Å²) in [7, 11) is 1.35. The van der Waals surface area contributed by atoms with E-state index in [9.17, 15) is 4.79 Å². The van der Waals surface area contributed by atoms with Crippen molar-refractivity contribution < 1.29 is 14.3 Å². The Morgan fingerprint density at radius 2 is 1.57 bits per heavy atom.